The third-order valence-corrected chi connectivity index (χ3v) is 2.99. The summed E-state index contributed by atoms with van der Waals surface area (Å²) in [5.41, 5.74) is 3.04. The number of hydrogen-bond donors (Lipinski definition) is 0. The topological polar surface area (TPSA) is 25.4 Å². The molecule has 0 spiro atoms. The zero-order valence-electron chi connectivity index (χ0n) is 9.99. The summed E-state index contributed by atoms with van der Waals surface area (Å²) < 4.78 is 0. The van der Waals surface area contributed by atoms with Crippen molar-refractivity contribution in [1.29, 1.82) is 0 Å². The maximum Gasteiger partial charge on any atom is 0.117 e. The number of rotatable bonds is 2. The Bertz CT molecular complexity index is 539. The van der Waals surface area contributed by atoms with Gasteiger partial charge in [0.1, 0.15) is 6.10 Å². The lowest BCUT2D eigenvalue weighted by atomic mass is 10.1. The lowest BCUT2D eigenvalue weighted by molar-refractivity contribution is 0.0905. The lowest BCUT2D eigenvalue weighted by Crippen LogP contribution is -2.14. The number of nitrogens with zero attached hydrogens (tertiary/aromatic N) is 2. The molecule has 18 heavy (non-hydrogen) atoms. The molecule has 2 aromatic rings. The Labute approximate surface area is 106 Å². The van der Waals surface area contributed by atoms with E-state index in [9.17, 15) is 0 Å². The molecule has 0 saturated carbocycles. The molecule has 3 heteroatoms. The molecule has 2 heterocycles. The van der Waals surface area contributed by atoms with E-state index in [0.717, 1.165) is 17.8 Å². The molecule has 0 amide bonds. The molecule has 1 atom stereocenters. The van der Waals surface area contributed by atoms with Gasteiger partial charge in [-0.15, -0.1) is 0 Å². The van der Waals surface area contributed by atoms with Gasteiger partial charge in [0.05, 0.1) is 11.9 Å². The minimum absolute atomic E-state index is 0.0407. The minimum Gasteiger partial charge on any atom is -0.262 e. The SMILES string of the molecule is C=C1CC(c2ccccc2)ON1c1cccnc1. The third-order valence-electron chi connectivity index (χ3n) is 2.99. The highest BCUT2D eigenvalue weighted by atomic mass is 16.7. The number of benzene rings is 1. The van der Waals surface area contributed by atoms with E-state index in [1.807, 2.05) is 30.3 Å². The molecule has 90 valence electrons. The third kappa shape index (κ3) is 2.00. The number of pyridine rings is 1. The summed E-state index contributed by atoms with van der Waals surface area (Å²) in [5.74, 6) is 0. The van der Waals surface area contributed by atoms with Crippen LogP contribution >= 0.6 is 0 Å². The first-order chi connectivity index (χ1) is 8.84. The highest BCUT2D eigenvalue weighted by Crippen LogP contribution is 2.37. The van der Waals surface area contributed by atoms with Gasteiger partial charge in [0.25, 0.3) is 0 Å². The van der Waals surface area contributed by atoms with Gasteiger partial charge in [-0.05, 0) is 17.7 Å². The molecular weight excluding hydrogens is 224 g/mol. The molecule has 0 bridgehead atoms. The number of aromatic nitrogens is 1. The summed E-state index contributed by atoms with van der Waals surface area (Å²) in [7, 11) is 0. The molecule has 1 aromatic carbocycles. The van der Waals surface area contributed by atoms with Crippen LogP contribution in [0.2, 0.25) is 0 Å². The fourth-order valence-electron chi connectivity index (χ4n) is 2.10. The van der Waals surface area contributed by atoms with Gasteiger partial charge < -0.3 is 0 Å². The first kappa shape index (κ1) is 11.0. The van der Waals surface area contributed by atoms with E-state index < -0.39 is 0 Å². The Hall–Kier alpha value is -2.13. The van der Waals surface area contributed by atoms with Crippen LogP contribution in [-0.4, -0.2) is 4.98 Å². The van der Waals surface area contributed by atoms with Gasteiger partial charge in [0, 0.05) is 18.3 Å². The Balaban J connectivity index is 1.83. The average Bonchev–Trinajstić information content (AvgIpc) is 2.83. The summed E-state index contributed by atoms with van der Waals surface area (Å²) in [5, 5.41) is 1.77. The zero-order chi connectivity index (χ0) is 12.4. The molecule has 3 rings (SSSR count). The highest BCUT2D eigenvalue weighted by molar-refractivity contribution is 5.48. The predicted molar refractivity (Wildman–Crippen MR) is 70.7 cm³/mol. The first-order valence-electron chi connectivity index (χ1n) is 5.94. The summed E-state index contributed by atoms with van der Waals surface area (Å²) in [6.07, 6.45) is 4.37. The molecule has 1 aliphatic heterocycles. The Morgan fingerprint density at radius 3 is 2.72 bits per heavy atom. The van der Waals surface area contributed by atoms with Crippen molar-refractivity contribution in [2.75, 3.05) is 5.06 Å². The van der Waals surface area contributed by atoms with Crippen LogP contribution in [0.4, 0.5) is 5.69 Å². The minimum atomic E-state index is 0.0407. The highest BCUT2D eigenvalue weighted by Gasteiger charge is 2.28. The van der Waals surface area contributed by atoms with Crippen LogP contribution in [0.5, 0.6) is 0 Å². The molecule has 1 aliphatic rings. The van der Waals surface area contributed by atoms with Crippen molar-refractivity contribution in [2.45, 2.75) is 12.5 Å². The fourth-order valence-corrected chi connectivity index (χ4v) is 2.10. The molecule has 0 N–H and O–H groups in total. The van der Waals surface area contributed by atoms with E-state index in [-0.39, 0.29) is 6.10 Å². The monoisotopic (exact) mass is 238 g/mol. The standard InChI is InChI=1S/C15H14N2O/c1-12-10-15(13-6-3-2-4-7-13)18-17(12)14-8-5-9-16-11-14/h2-9,11,15H,1,10H2. The average molecular weight is 238 g/mol. The van der Waals surface area contributed by atoms with Gasteiger partial charge in [0.15, 0.2) is 0 Å². The number of anilines is 1. The van der Waals surface area contributed by atoms with E-state index in [1.54, 1.807) is 17.5 Å². The number of hydrogen-bond acceptors (Lipinski definition) is 3. The molecule has 1 fully saturated rings. The van der Waals surface area contributed by atoms with Crippen molar-refractivity contribution in [3.05, 3.63) is 72.7 Å². The quantitative estimate of drug-likeness (QED) is 0.801. The molecule has 1 aromatic heterocycles. The second kappa shape index (κ2) is 4.63. The molecule has 0 aliphatic carbocycles. The molecule has 3 nitrogen and oxygen atoms in total. The molecule has 0 radical (unpaired) electrons. The van der Waals surface area contributed by atoms with Gasteiger partial charge in [-0.1, -0.05) is 36.9 Å². The van der Waals surface area contributed by atoms with Crippen molar-refractivity contribution >= 4 is 5.69 Å². The summed E-state index contributed by atoms with van der Waals surface area (Å²) >= 11 is 0. The van der Waals surface area contributed by atoms with Gasteiger partial charge in [-0.2, -0.15) is 0 Å². The molecule has 1 saturated heterocycles. The van der Waals surface area contributed by atoms with E-state index in [2.05, 4.69) is 23.7 Å². The smallest absolute Gasteiger partial charge is 0.117 e. The maximum atomic E-state index is 5.94. The Morgan fingerprint density at radius 1 is 1.17 bits per heavy atom. The Kier molecular flexibility index (Phi) is 2.82. The molecular formula is C15H14N2O. The van der Waals surface area contributed by atoms with Crippen molar-refractivity contribution < 1.29 is 4.84 Å². The summed E-state index contributed by atoms with van der Waals surface area (Å²) in [6.45, 7) is 4.06. The lowest BCUT2D eigenvalue weighted by Gasteiger charge is -2.18. The van der Waals surface area contributed by atoms with E-state index in [1.165, 1.54) is 5.56 Å². The van der Waals surface area contributed by atoms with Gasteiger partial charge in [-0.3, -0.25) is 9.82 Å². The predicted octanol–water partition coefficient (Wildman–Crippen LogP) is 3.48. The van der Waals surface area contributed by atoms with E-state index in [0.29, 0.717) is 0 Å². The second-order valence-electron chi connectivity index (χ2n) is 4.28. The van der Waals surface area contributed by atoms with Gasteiger partial charge in [-0.25, -0.2) is 5.06 Å². The Morgan fingerprint density at radius 2 is 2.00 bits per heavy atom. The van der Waals surface area contributed by atoms with Crippen molar-refractivity contribution in [3.8, 4) is 0 Å². The normalized spacial score (nSPS) is 19.2. The van der Waals surface area contributed by atoms with Crippen LogP contribution in [0.25, 0.3) is 0 Å². The van der Waals surface area contributed by atoms with Crippen molar-refractivity contribution in [3.63, 3.8) is 0 Å². The fraction of sp³-hybridized carbons (Fsp3) is 0.133. The van der Waals surface area contributed by atoms with E-state index in [4.69, 9.17) is 4.84 Å². The summed E-state index contributed by atoms with van der Waals surface area (Å²) in [4.78, 5) is 10.0. The van der Waals surface area contributed by atoms with Crippen LogP contribution in [-0.2, 0) is 4.84 Å². The van der Waals surface area contributed by atoms with Crippen LogP contribution in [0, 0.1) is 0 Å². The van der Waals surface area contributed by atoms with Crippen molar-refractivity contribution in [1.82, 2.24) is 4.98 Å². The van der Waals surface area contributed by atoms with Crippen LogP contribution in [0.1, 0.15) is 18.1 Å². The largest absolute Gasteiger partial charge is 0.262 e. The zero-order valence-corrected chi connectivity index (χ0v) is 9.99. The van der Waals surface area contributed by atoms with E-state index >= 15 is 0 Å². The van der Waals surface area contributed by atoms with Gasteiger partial charge >= 0.3 is 0 Å². The number of hydroxylamine groups is 1. The first-order valence-corrected chi connectivity index (χ1v) is 5.94. The second-order valence-corrected chi connectivity index (χ2v) is 4.28. The van der Waals surface area contributed by atoms with Crippen LogP contribution in [0.15, 0.2) is 67.1 Å². The van der Waals surface area contributed by atoms with Crippen LogP contribution in [0.3, 0.4) is 0 Å². The molecule has 1 unspecified atom stereocenters. The van der Waals surface area contributed by atoms with Gasteiger partial charge in [0.2, 0.25) is 0 Å². The maximum absolute atomic E-state index is 5.94. The summed E-state index contributed by atoms with van der Waals surface area (Å²) in [6, 6.07) is 14.1. The van der Waals surface area contributed by atoms with Crippen LogP contribution < -0.4 is 5.06 Å². The van der Waals surface area contributed by atoms with Crippen molar-refractivity contribution in [2.24, 2.45) is 0 Å².